The van der Waals surface area contributed by atoms with E-state index in [0.29, 0.717) is 44.2 Å². The van der Waals surface area contributed by atoms with Crippen LogP contribution in [0.1, 0.15) is 44.9 Å². The quantitative estimate of drug-likeness (QED) is 0.452. The van der Waals surface area contributed by atoms with Crippen molar-refractivity contribution in [2.45, 2.75) is 51.1 Å². The van der Waals surface area contributed by atoms with Gasteiger partial charge in [-0.25, -0.2) is 0 Å². The Morgan fingerprint density at radius 1 is 1.19 bits per heavy atom. The Hall–Kier alpha value is -0.830. The predicted octanol–water partition coefficient (Wildman–Crippen LogP) is 3.58. The molecule has 0 amide bonds. The first-order valence-electron chi connectivity index (χ1n) is 5.74. The van der Waals surface area contributed by atoms with E-state index in [2.05, 4.69) is 4.79 Å². The standard InChI is InChI=1S/C11H15F3N2/c12-11(13,14)9-2-1-5-10(9)6-3-8(16-15)4-7-10/h9H,1-7H2. The lowest BCUT2D eigenvalue weighted by molar-refractivity contribution is -0.203. The first-order valence-corrected chi connectivity index (χ1v) is 5.74. The van der Waals surface area contributed by atoms with Crippen molar-refractivity contribution in [3.63, 3.8) is 0 Å². The summed E-state index contributed by atoms with van der Waals surface area (Å²) in [7, 11) is 0. The topological polar surface area (TPSA) is 36.4 Å². The fraction of sp³-hybridized carbons (Fsp3) is 0.909. The van der Waals surface area contributed by atoms with Crippen molar-refractivity contribution in [3.05, 3.63) is 5.53 Å². The molecule has 0 radical (unpaired) electrons. The van der Waals surface area contributed by atoms with Crippen LogP contribution >= 0.6 is 0 Å². The first kappa shape index (κ1) is 11.6. The van der Waals surface area contributed by atoms with Gasteiger partial charge in [-0.3, -0.25) is 0 Å². The average Bonchev–Trinajstić information content (AvgIpc) is 2.63. The smallest absolute Gasteiger partial charge is 0.362 e. The minimum absolute atomic E-state index is 0.273. The van der Waals surface area contributed by atoms with Gasteiger partial charge in [0.25, 0.3) is 5.71 Å². The van der Waals surface area contributed by atoms with E-state index >= 15 is 0 Å². The molecule has 0 heterocycles. The number of nitrogens with zero attached hydrogens (tertiary/aromatic N) is 2. The van der Waals surface area contributed by atoms with Crippen LogP contribution in [-0.4, -0.2) is 16.7 Å². The van der Waals surface area contributed by atoms with Crippen LogP contribution in [0.5, 0.6) is 0 Å². The molecule has 2 aliphatic carbocycles. The minimum atomic E-state index is -4.07. The van der Waals surface area contributed by atoms with Crippen LogP contribution in [0.3, 0.4) is 0 Å². The monoisotopic (exact) mass is 232 g/mol. The van der Waals surface area contributed by atoms with Gasteiger partial charge in [0, 0.05) is 12.8 Å². The lowest BCUT2D eigenvalue weighted by atomic mass is 9.67. The summed E-state index contributed by atoms with van der Waals surface area (Å²) in [5.41, 5.74) is 8.70. The average molecular weight is 232 g/mol. The van der Waals surface area contributed by atoms with E-state index in [-0.39, 0.29) is 6.42 Å². The summed E-state index contributed by atoms with van der Waals surface area (Å²) in [4.78, 5) is 3.12. The van der Waals surface area contributed by atoms with Gasteiger partial charge < -0.3 is 5.53 Å². The molecule has 0 aliphatic heterocycles. The van der Waals surface area contributed by atoms with Crippen LogP contribution in [0.2, 0.25) is 0 Å². The van der Waals surface area contributed by atoms with Crippen LogP contribution in [0, 0.1) is 11.3 Å². The van der Waals surface area contributed by atoms with Crippen LogP contribution < -0.4 is 0 Å². The molecular formula is C11H15F3N2. The molecule has 0 bridgehead atoms. The van der Waals surface area contributed by atoms with Crippen molar-refractivity contribution in [1.29, 1.82) is 0 Å². The fourth-order valence-corrected chi connectivity index (χ4v) is 3.38. The molecule has 2 fully saturated rings. The highest BCUT2D eigenvalue weighted by Crippen LogP contribution is 2.57. The molecule has 2 rings (SSSR count). The van der Waals surface area contributed by atoms with Gasteiger partial charge in [0.2, 0.25) is 0 Å². The van der Waals surface area contributed by atoms with Crippen molar-refractivity contribution < 1.29 is 18.0 Å². The van der Waals surface area contributed by atoms with Gasteiger partial charge in [-0.15, -0.1) is 0 Å². The van der Waals surface area contributed by atoms with Crippen molar-refractivity contribution in [2.75, 3.05) is 0 Å². The predicted molar refractivity (Wildman–Crippen MR) is 52.9 cm³/mol. The SMILES string of the molecule is [N-]=[N+]=C1CCC2(CCCC2C(F)(F)F)CC1. The Kier molecular flexibility index (Phi) is 2.82. The number of hydrogen-bond acceptors (Lipinski definition) is 0. The summed E-state index contributed by atoms with van der Waals surface area (Å²) in [5, 5.41) is 0. The molecule has 5 heteroatoms. The number of hydrogen-bond donors (Lipinski definition) is 0. The molecule has 0 N–H and O–H groups in total. The number of halogens is 3. The number of alkyl halides is 3. The van der Waals surface area contributed by atoms with Crippen LogP contribution in [0.25, 0.3) is 5.53 Å². The molecule has 0 saturated heterocycles. The van der Waals surface area contributed by atoms with Crippen LogP contribution in [-0.2, 0) is 0 Å². The van der Waals surface area contributed by atoms with Crippen molar-refractivity contribution in [1.82, 2.24) is 0 Å². The molecule has 0 aromatic carbocycles. The Balaban J connectivity index is 2.16. The third-order valence-electron chi connectivity index (χ3n) is 4.27. The second kappa shape index (κ2) is 3.88. The molecule has 16 heavy (non-hydrogen) atoms. The van der Waals surface area contributed by atoms with E-state index in [1.54, 1.807) is 0 Å². The Morgan fingerprint density at radius 3 is 2.31 bits per heavy atom. The van der Waals surface area contributed by atoms with Gasteiger partial charge in [-0.1, -0.05) is 6.42 Å². The van der Waals surface area contributed by atoms with Gasteiger partial charge >= 0.3 is 6.18 Å². The number of rotatable bonds is 0. The normalized spacial score (nSPS) is 35.4. The van der Waals surface area contributed by atoms with Crippen molar-refractivity contribution in [2.24, 2.45) is 11.3 Å². The Bertz CT molecular complexity index is 319. The molecule has 2 saturated carbocycles. The molecule has 2 nitrogen and oxygen atoms in total. The summed E-state index contributed by atoms with van der Waals surface area (Å²) >= 11 is 0. The van der Waals surface area contributed by atoms with E-state index in [0.717, 1.165) is 0 Å². The fourth-order valence-electron chi connectivity index (χ4n) is 3.38. The maximum Gasteiger partial charge on any atom is 0.392 e. The highest BCUT2D eigenvalue weighted by atomic mass is 19.4. The summed E-state index contributed by atoms with van der Waals surface area (Å²) in [6.07, 6.45) is -0.357. The molecule has 1 unspecified atom stereocenters. The van der Waals surface area contributed by atoms with Gasteiger partial charge in [0.1, 0.15) is 0 Å². The van der Waals surface area contributed by atoms with Crippen molar-refractivity contribution in [3.8, 4) is 0 Å². The van der Waals surface area contributed by atoms with Crippen LogP contribution in [0.4, 0.5) is 13.2 Å². The zero-order valence-corrected chi connectivity index (χ0v) is 9.06. The molecule has 0 aromatic heterocycles. The zero-order valence-electron chi connectivity index (χ0n) is 9.06. The highest BCUT2D eigenvalue weighted by molar-refractivity contribution is 5.79. The lowest BCUT2D eigenvalue weighted by Crippen LogP contribution is -2.39. The maximum absolute atomic E-state index is 12.9. The van der Waals surface area contributed by atoms with Gasteiger partial charge in [-0.2, -0.15) is 18.0 Å². The van der Waals surface area contributed by atoms with Gasteiger partial charge in [0.05, 0.1) is 5.92 Å². The van der Waals surface area contributed by atoms with Crippen LogP contribution in [0.15, 0.2) is 0 Å². The summed E-state index contributed by atoms with van der Waals surface area (Å²) < 4.78 is 38.7. The Morgan fingerprint density at radius 2 is 1.81 bits per heavy atom. The third-order valence-corrected chi connectivity index (χ3v) is 4.27. The van der Waals surface area contributed by atoms with E-state index in [1.807, 2.05) is 0 Å². The third kappa shape index (κ3) is 1.88. The summed E-state index contributed by atoms with van der Waals surface area (Å²) in [5.74, 6) is -1.14. The Labute approximate surface area is 92.5 Å². The molecule has 1 atom stereocenters. The second-order valence-corrected chi connectivity index (χ2v) is 5.02. The molecule has 0 aromatic rings. The molecule has 1 spiro atoms. The maximum atomic E-state index is 12.9. The minimum Gasteiger partial charge on any atom is -0.362 e. The lowest BCUT2D eigenvalue weighted by Gasteiger charge is -2.38. The van der Waals surface area contributed by atoms with Gasteiger partial charge in [-0.05, 0) is 31.1 Å². The van der Waals surface area contributed by atoms with E-state index in [9.17, 15) is 13.2 Å². The summed E-state index contributed by atoms with van der Waals surface area (Å²) in [6, 6.07) is 0. The largest absolute Gasteiger partial charge is 0.392 e. The molecule has 2 aliphatic rings. The van der Waals surface area contributed by atoms with Crippen molar-refractivity contribution >= 4 is 5.71 Å². The zero-order chi connectivity index (χ0) is 11.8. The highest BCUT2D eigenvalue weighted by Gasteiger charge is 2.56. The van der Waals surface area contributed by atoms with E-state index in [1.165, 1.54) is 0 Å². The molecule has 90 valence electrons. The van der Waals surface area contributed by atoms with E-state index < -0.39 is 17.5 Å². The summed E-state index contributed by atoms with van der Waals surface area (Å²) in [6.45, 7) is 0. The second-order valence-electron chi connectivity index (χ2n) is 5.02. The van der Waals surface area contributed by atoms with E-state index in [4.69, 9.17) is 5.53 Å². The van der Waals surface area contributed by atoms with Gasteiger partial charge in [0.15, 0.2) is 0 Å². The molecular weight excluding hydrogens is 217 g/mol. The first-order chi connectivity index (χ1) is 7.48.